The Balaban J connectivity index is 2.04. The highest BCUT2D eigenvalue weighted by Gasteiger charge is 2.40. The van der Waals surface area contributed by atoms with Crippen molar-refractivity contribution in [2.45, 2.75) is 44.6 Å². The van der Waals surface area contributed by atoms with E-state index in [0.29, 0.717) is 0 Å². The van der Waals surface area contributed by atoms with E-state index < -0.39 is 5.60 Å². The van der Waals surface area contributed by atoms with Crippen LogP contribution in [0.4, 0.5) is 0 Å². The second-order valence-electron chi connectivity index (χ2n) is 6.16. The normalized spacial score (nSPS) is 26.0. The van der Waals surface area contributed by atoms with Gasteiger partial charge in [0.05, 0.1) is 22.2 Å². The lowest BCUT2D eigenvalue weighted by atomic mass is 9.88. The van der Waals surface area contributed by atoms with Gasteiger partial charge in [-0.3, -0.25) is 0 Å². The molecule has 0 radical (unpaired) electrons. The van der Waals surface area contributed by atoms with Crippen LogP contribution in [0.2, 0.25) is 0 Å². The van der Waals surface area contributed by atoms with Gasteiger partial charge in [0.1, 0.15) is 5.82 Å². The maximum atomic E-state index is 10.6. The van der Waals surface area contributed by atoms with E-state index in [2.05, 4.69) is 15.1 Å². The molecule has 0 bridgehead atoms. The third kappa shape index (κ3) is 1.84. The average molecular weight is 283 g/mol. The number of fused-ring (bicyclic) bond motifs is 3. The largest absolute Gasteiger partial charge is 0.389 e. The maximum absolute atomic E-state index is 10.6. The molecule has 4 rings (SSSR count). The maximum Gasteiger partial charge on any atom is 0.169 e. The van der Waals surface area contributed by atoms with Crippen molar-refractivity contribution in [1.29, 1.82) is 0 Å². The van der Waals surface area contributed by atoms with Gasteiger partial charge in [0, 0.05) is 17.5 Å². The Bertz CT molecular complexity index is 838. The Labute approximate surface area is 122 Å². The molecule has 1 saturated carbocycles. The third-order valence-electron chi connectivity index (χ3n) is 4.59. The van der Waals surface area contributed by atoms with E-state index >= 15 is 0 Å². The smallest absolute Gasteiger partial charge is 0.169 e. The van der Waals surface area contributed by atoms with E-state index in [1.165, 1.54) is 0 Å². The molecule has 5 heteroatoms. The van der Waals surface area contributed by atoms with Crippen LogP contribution in [0.15, 0.2) is 22.9 Å². The van der Waals surface area contributed by atoms with E-state index in [9.17, 15) is 5.11 Å². The molecule has 2 aromatic heterocycles. The molecule has 0 spiro atoms. The molecule has 3 aromatic rings. The van der Waals surface area contributed by atoms with Gasteiger partial charge in [0.2, 0.25) is 0 Å². The zero-order valence-electron chi connectivity index (χ0n) is 12.1. The quantitative estimate of drug-likeness (QED) is 0.743. The Hall–Kier alpha value is -2.01. The summed E-state index contributed by atoms with van der Waals surface area (Å²) in [5, 5.41) is 16.7. The summed E-state index contributed by atoms with van der Waals surface area (Å²) in [7, 11) is 0. The van der Waals surface area contributed by atoms with Gasteiger partial charge < -0.3 is 9.63 Å². The molecule has 0 aliphatic heterocycles. The van der Waals surface area contributed by atoms with Crippen molar-refractivity contribution < 1.29 is 9.63 Å². The molecule has 5 nitrogen and oxygen atoms in total. The molecule has 21 heavy (non-hydrogen) atoms. The minimum absolute atomic E-state index is 0.000351. The van der Waals surface area contributed by atoms with Crippen LogP contribution in [0.5, 0.6) is 0 Å². The van der Waals surface area contributed by atoms with E-state index in [0.717, 1.165) is 52.7 Å². The summed E-state index contributed by atoms with van der Waals surface area (Å²) < 4.78 is 5.48. The number of aliphatic hydroxyl groups is 1. The number of aryl methyl sites for hydroxylation is 1. The predicted molar refractivity (Wildman–Crippen MR) is 79.1 cm³/mol. The molecule has 1 aliphatic carbocycles. The first-order valence-corrected chi connectivity index (χ1v) is 7.30. The second-order valence-corrected chi connectivity index (χ2v) is 6.16. The number of hydrogen-bond acceptors (Lipinski definition) is 5. The standard InChI is InChI=1S/C16H17N3O2/c1-9-17-8-10-5-6-12-13(14(10)18-9)15(19-21-12)11-4-3-7-16(11,2)20/h5-6,8,11,20H,3-4,7H2,1-2H3/t11-,16+/m0/s1. The molecule has 1 aromatic carbocycles. The summed E-state index contributed by atoms with van der Waals surface area (Å²) in [6, 6.07) is 3.84. The van der Waals surface area contributed by atoms with Crippen LogP contribution in [0, 0.1) is 6.92 Å². The van der Waals surface area contributed by atoms with Gasteiger partial charge in [-0.25, -0.2) is 9.97 Å². The highest BCUT2D eigenvalue weighted by molar-refractivity contribution is 6.04. The fourth-order valence-electron chi connectivity index (χ4n) is 3.45. The molecular formula is C16H17N3O2. The van der Waals surface area contributed by atoms with Gasteiger partial charge >= 0.3 is 0 Å². The minimum Gasteiger partial charge on any atom is -0.389 e. The van der Waals surface area contributed by atoms with Crippen LogP contribution >= 0.6 is 0 Å². The fourth-order valence-corrected chi connectivity index (χ4v) is 3.45. The molecule has 2 atom stereocenters. The average Bonchev–Trinajstić information content (AvgIpc) is 3.01. The molecule has 108 valence electrons. The lowest BCUT2D eigenvalue weighted by Gasteiger charge is -2.23. The zero-order valence-corrected chi connectivity index (χ0v) is 12.1. The van der Waals surface area contributed by atoms with Crippen LogP contribution < -0.4 is 0 Å². The van der Waals surface area contributed by atoms with E-state index in [1.807, 2.05) is 32.2 Å². The number of benzene rings is 1. The first-order chi connectivity index (χ1) is 10.1. The second kappa shape index (κ2) is 4.24. The van der Waals surface area contributed by atoms with Crippen LogP contribution in [0.1, 0.15) is 43.6 Å². The summed E-state index contributed by atoms with van der Waals surface area (Å²) in [4.78, 5) is 8.81. The van der Waals surface area contributed by atoms with Gasteiger partial charge in [-0.2, -0.15) is 0 Å². The zero-order chi connectivity index (χ0) is 14.6. The highest BCUT2D eigenvalue weighted by Crippen LogP contribution is 2.45. The number of rotatable bonds is 1. The van der Waals surface area contributed by atoms with Crippen molar-refractivity contribution in [2.75, 3.05) is 0 Å². The molecule has 1 fully saturated rings. The molecule has 1 aliphatic rings. The number of nitrogens with zero attached hydrogens (tertiary/aromatic N) is 3. The Morgan fingerprint density at radius 3 is 3.00 bits per heavy atom. The third-order valence-corrected chi connectivity index (χ3v) is 4.59. The summed E-state index contributed by atoms with van der Waals surface area (Å²) in [5.74, 6) is 0.722. The minimum atomic E-state index is -0.728. The van der Waals surface area contributed by atoms with Crippen LogP contribution in [-0.4, -0.2) is 25.8 Å². The van der Waals surface area contributed by atoms with Crippen LogP contribution in [0.3, 0.4) is 0 Å². The first-order valence-electron chi connectivity index (χ1n) is 7.30. The SMILES string of the molecule is Cc1ncc2ccc3onc([C@@H]4CCC[C@@]4(C)O)c3c2n1. The first kappa shape index (κ1) is 12.7. The summed E-state index contributed by atoms with van der Waals surface area (Å²) in [5.41, 5.74) is 1.68. The molecule has 1 N–H and O–H groups in total. The van der Waals surface area contributed by atoms with Crippen molar-refractivity contribution in [2.24, 2.45) is 0 Å². The summed E-state index contributed by atoms with van der Waals surface area (Å²) >= 11 is 0. The van der Waals surface area contributed by atoms with Crippen molar-refractivity contribution in [3.05, 3.63) is 29.8 Å². The Kier molecular flexibility index (Phi) is 2.57. The van der Waals surface area contributed by atoms with E-state index in [-0.39, 0.29) is 5.92 Å². The molecule has 2 heterocycles. The molecule has 0 saturated heterocycles. The van der Waals surface area contributed by atoms with Crippen molar-refractivity contribution in [3.8, 4) is 0 Å². The van der Waals surface area contributed by atoms with E-state index in [1.54, 1.807) is 0 Å². The number of aromatic nitrogens is 3. The lowest BCUT2D eigenvalue weighted by Crippen LogP contribution is -2.27. The Morgan fingerprint density at radius 2 is 2.24 bits per heavy atom. The molecule has 0 unspecified atom stereocenters. The summed E-state index contributed by atoms with van der Waals surface area (Å²) in [6.45, 7) is 3.76. The number of hydrogen-bond donors (Lipinski definition) is 1. The van der Waals surface area contributed by atoms with E-state index in [4.69, 9.17) is 4.52 Å². The monoisotopic (exact) mass is 283 g/mol. The van der Waals surface area contributed by atoms with Crippen molar-refractivity contribution >= 4 is 21.9 Å². The fraction of sp³-hybridized carbons (Fsp3) is 0.438. The molecular weight excluding hydrogens is 266 g/mol. The topological polar surface area (TPSA) is 72.0 Å². The van der Waals surface area contributed by atoms with Gasteiger partial charge in [0.25, 0.3) is 0 Å². The highest BCUT2D eigenvalue weighted by atomic mass is 16.5. The van der Waals surface area contributed by atoms with Crippen LogP contribution in [-0.2, 0) is 0 Å². The van der Waals surface area contributed by atoms with Crippen molar-refractivity contribution in [1.82, 2.24) is 15.1 Å². The predicted octanol–water partition coefficient (Wildman–Crippen LogP) is 3.10. The molecule has 0 amide bonds. The van der Waals surface area contributed by atoms with Gasteiger partial charge in [-0.1, -0.05) is 5.16 Å². The van der Waals surface area contributed by atoms with Crippen LogP contribution in [0.25, 0.3) is 21.9 Å². The van der Waals surface area contributed by atoms with Gasteiger partial charge in [-0.05, 0) is 45.2 Å². The summed E-state index contributed by atoms with van der Waals surface area (Å²) in [6.07, 6.45) is 4.55. The Morgan fingerprint density at radius 1 is 1.38 bits per heavy atom. The van der Waals surface area contributed by atoms with Crippen molar-refractivity contribution in [3.63, 3.8) is 0 Å². The van der Waals surface area contributed by atoms with Gasteiger partial charge in [0.15, 0.2) is 5.58 Å². The lowest BCUT2D eigenvalue weighted by molar-refractivity contribution is 0.0479. The van der Waals surface area contributed by atoms with Gasteiger partial charge in [-0.15, -0.1) is 0 Å².